The van der Waals surface area contributed by atoms with Crippen LogP contribution in [0.25, 0.3) is 0 Å². The van der Waals surface area contributed by atoms with Gasteiger partial charge in [-0.1, -0.05) is 53.0 Å². The fourth-order valence-corrected chi connectivity index (χ4v) is 4.65. The molecule has 4 nitrogen and oxygen atoms in total. The standard InChI is InChI=1S/C16H14Cl3NO3S/c1-3-10-20(12-7-5-4-6-11(12)17)24(21,22)14-9-8-13(23-2)15(18)16(14)19/h3-9H,1,10H2,2H3. The summed E-state index contributed by atoms with van der Waals surface area (Å²) in [5.41, 5.74) is 0.321. The molecule has 0 saturated carbocycles. The number of hydrogen-bond donors (Lipinski definition) is 0. The summed E-state index contributed by atoms with van der Waals surface area (Å²) in [5.74, 6) is 0.286. The van der Waals surface area contributed by atoms with E-state index in [1.807, 2.05) is 0 Å². The van der Waals surface area contributed by atoms with E-state index in [1.165, 1.54) is 25.3 Å². The zero-order valence-electron chi connectivity index (χ0n) is 12.7. The Kier molecular flexibility index (Phi) is 6.04. The largest absolute Gasteiger partial charge is 0.495 e. The molecule has 0 heterocycles. The van der Waals surface area contributed by atoms with E-state index in [9.17, 15) is 8.42 Å². The van der Waals surface area contributed by atoms with Crippen molar-refractivity contribution in [3.8, 4) is 5.75 Å². The molecule has 8 heteroatoms. The minimum absolute atomic E-state index is 0.0199. The van der Waals surface area contributed by atoms with Crippen molar-refractivity contribution < 1.29 is 13.2 Å². The summed E-state index contributed by atoms with van der Waals surface area (Å²) >= 11 is 18.4. The number of sulfonamides is 1. The summed E-state index contributed by atoms with van der Waals surface area (Å²) in [6, 6.07) is 9.39. The molecule has 128 valence electrons. The van der Waals surface area contributed by atoms with Crippen LogP contribution in [-0.2, 0) is 10.0 Å². The van der Waals surface area contributed by atoms with Crippen molar-refractivity contribution in [1.82, 2.24) is 0 Å². The predicted octanol–water partition coefficient (Wildman–Crippen LogP) is 5.04. The molecule has 0 atom stereocenters. The van der Waals surface area contributed by atoms with Crippen molar-refractivity contribution in [2.45, 2.75) is 4.90 Å². The van der Waals surface area contributed by atoms with Crippen LogP contribution in [-0.4, -0.2) is 22.1 Å². The van der Waals surface area contributed by atoms with Crippen LogP contribution >= 0.6 is 34.8 Å². The zero-order valence-corrected chi connectivity index (χ0v) is 15.8. The van der Waals surface area contributed by atoms with Gasteiger partial charge in [0.25, 0.3) is 10.0 Å². The normalized spacial score (nSPS) is 11.2. The van der Waals surface area contributed by atoms with Crippen LogP contribution < -0.4 is 9.04 Å². The number of halogens is 3. The lowest BCUT2D eigenvalue weighted by Gasteiger charge is -2.25. The summed E-state index contributed by atoms with van der Waals surface area (Å²) in [7, 11) is -2.60. The van der Waals surface area contributed by atoms with Gasteiger partial charge in [-0.25, -0.2) is 8.42 Å². The third-order valence-corrected chi connectivity index (χ3v) is 6.33. The summed E-state index contributed by atoms with van der Waals surface area (Å²) in [5, 5.41) is 0.203. The number of anilines is 1. The van der Waals surface area contributed by atoms with Crippen LogP contribution in [0.1, 0.15) is 0 Å². The minimum Gasteiger partial charge on any atom is -0.495 e. The molecule has 0 radical (unpaired) electrons. The second-order valence-corrected chi connectivity index (χ2v) is 7.66. The van der Waals surface area contributed by atoms with Gasteiger partial charge in [-0.05, 0) is 24.3 Å². The molecule has 0 aliphatic rings. The van der Waals surface area contributed by atoms with Gasteiger partial charge in [-0.15, -0.1) is 6.58 Å². The Hall–Kier alpha value is -1.40. The third kappa shape index (κ3) is 3.49. The van der Waals surface area contributed by atoms with Crippen LogP contribution in [0.15, 0.2) is 53.9 Å². The fourth-order valence-electron chi connectivity index (χ4n) is 2.09. The average molecular weight is 407 g/mol. The maximum Gasteiger partial charge on any atom is 0.266 e. The smallest absolute Gasteiger partial charge is 0.266 e. The van der Waals surface area contributed by atoms with Gasteiger partial charge < -0.3 is 4.74 Å². The molecule has 0 bridgehead atoms. The maximum absolute atomic E-state index is 13.1. The molecular weight excluding hydrogens is 393 g/mol. The number of nitrogens with zero attached hydrogens (tertiary/aromatic N) is 1. The number of methoxy groups -OCH3 is 1. The highest BCUT2D eigenvalue weighted by atomic mass is 35.5. The third-order valence-electron chi connectivity index (χ3n) is 3.22. The van der Waals surface area contributed by atoms with Gasteiger partial charge in [0.15, 0.2) is 0 Å². The molecular formula is C16H14Cl3NO3S. The summed E-state index contributed by atoms with van der Waals surface area (Å²) < 4.78 is 32.3. The molecule has 0 aliphatic heterocycles. The van der Waals surface area contributed by atoms with E-state index in [0.29, 0.717) is 10.7 Å². The topological polar surface area (TPSA) is 46.6 Å². The van der Waals surface area contributed by atoms with Gasteiger partial charge in [0.2, 0.25) is 0 Å². The zero-order chi connectivity index (χ0) is 17.9. The Balaban J connectivity index is 2.64. The lowest BCUT2D eigenvalue weighted by atomic mass is 10.3. The first kappa shape index (κ1) is 18.9. The van der Waals surface area contributed by atoms with E-state index in [4.69, 9.17) is 39.5 Å². The molecule has 0 fully saturated rings. The van der Waals surface area contributed by atoms with Crippen LogP contribution in [0.3, 0.4) is 0 Å². The average Bonchev–Trinajstić information content (AvgIpc) is 2.55. The quantitative estimate of drug-likeness (QED) is 0.632. The predicted molar refractivity (Wildman–Crippen MR) is 99.2 cm³/mol. The Labute approximate surface area is 156 Å². The number of para-hydroxylation sites is 1. The maximum atomic E-state index is 13.1. The summed E-state index contributed by atoms with van der Waals surface area (Å²) in [4.78, 5) is -0.142. The first-order valence-corrected chi connectivity index (χ1v) is 9.32. The van der Waals surface area contributed by atoms with E-state index in [0.717, 1.165) is 4.31 Å². The molecule has 0 aromatic heterocycles. The van der Waals surface area contributed by atoms with E-state index >= 15 is 0 Å². The second kappa shape index (κ2) is 7.66. The van der Waals surface area contributed by atoms with Crippen molar-refractivity contribution in [3.63, 3.8) is 0 Å². The van der Waals surface area contributed by atoms with Crippen LogP contribution in [0.4, 0.5) is 5.69 Å². The Morgan fingerprint density at radius 2 is 1.79 bits per heavy atom. The number of hydrogen-bond acceptors (Lipinski definition) is 3. The summed E-state index contributed by atoms with van der Waals surface area (Å²) in [6.45, 7) is 3.62. The molecule has 0 saturated heterocycles. The molecule has 0 spiro atoms. The van der Waals surface area contributed by atoms with Crippen molar-refractivity contribution in [3.05, 3.63) is 64.1 Å². The number of benzene rings is 2. The van der Waals surface area contributed by atoms with Crippen LogP contribution in [0.5, 0.6) is 5.75 Å². The Morgan fingerprint density at radius 1 is 1.12 bits per heavy atom. The molecule has 24 heavy (non-hydrogen) atoms. The molecule has 0 N–H and O–H groups in total. The van der Waals surface area contributed by atoms with Crippen molar-refractivity contribution in [1.29, 1.82) is 0 Å². The Morgan fingerprint density at radius 3 is 2.38 bits per heavy atom. The fraction of sp³-hybridized carbons (Fsp3) is 0.125. The minimum atomic E-state index is -4.01. The molecule has 2 aromatic carbocycles. The van der Waals surface area contributed by atoms with Crippen LogP contribution in [0, 0.1) is 0 Å². The van der Waals surface area contributed by atoms with Gasteiger partial charge in [0.05, 0.1) is 29.4 Å². The first-order valence-electron chi connectivity index (χ1n) is 6.74. The van der Waals surface area contributed by atoms with E-state index in [-0.39, 0.29) is 27.2 Å². The van der Waals surface area contributed by atoms with E-state index < -0.39 is 10.0 Å². The lowest BCUT2D eigenvalue weighted by Crippen LogP contribution is -2.31. The van der Waals surface area contributed by atoms with Crippen LogP contribution in [0.2, 0.25) is 15.1 Å². The highest BCUT2D eigenvalue weighted by Crippen LogP contribution is 2.39. The van der Waals surface area contributed by atoms with Gasteiger partial charge in [0, 0.05) is 0 Å². The molecule has 0 amide bonds. The lowest BCUT2D eigenvalue weighted by molar-refractivity contribution is 0.414. The number of rotatable bonds is 6. The van der Waals surface area contributed by atoms with Gasteiger partial charge in [-0.2, -0.15) is 0 Å². The molecule has 2 rings (SSSR count). The second-order valence-electron chi connectivity index (χ2n) is 4.67. The summed E-state index contributed by atoms with van der Waals surface area (Å²) in [6.07, 6.45) is 1.46. The van der Waals surface area contributed by atoms with E-state index in [1.54, 1.807) is 24.3 Å². The van der Waals surface area contributed by atoms with Crippen molar-refractivity contribution in [2.24, 2.45) is 0 Å². The number of ether oxygens (including phenoxy) is 1. The first-order chi connectivity index (χ1) is 11.3. The Bertz CT molecular complexity index is 869. The SMILES string of the molecule is C=CCN(c1ccccc1Cl)S(=O)(=O)c1ccc(OC)c(Cl)c1Cl. The van der Waals surface area contributed by atoms with Gasteiger partial charge >= 0.3 is 0 Å². The van der Waals surface area contributed by atoms with Crippen molar-refractivity contribution in [2.75, 3.05) is 18.0 Å². The monoisotopic (exact) mass is 405 g/mol. The molecule has 0 unspecified atom stereocenters. The van der Waals surface area contributed by atoms with Gasteiger partial charge in [0.1, 0.15) is 15.7 Å². The van der Waals surface area contributed by atoms with Gasteiger partial charge in [-0.3, -0.25) is 4.31 Å². The van der Waals surface area contributed by atoms with Crippen molar-refractivity contribution >= 4 is 50.5 Å². The van der Waals surface area contributed by atoms with E-state index in [2.05, 4.69) is 6.58 Å². The highest BCUT2D eigenvalue weighted by Gasteiger charge is 2.29. The molecule has 2 aromatic rings. The highest BCUT2D eigenvalue weighted by molar-refractivity contribution is 7.93. The molecule has 0 aliphatic carbocycles.